The Morgan fingerprint density at radius 2 is 2.38 bits per heavy atom. The molecule has 2 fully saturated rings. The molecular formula is C5H9INO-. The molecule has 1 saturated carbocycles. The van der Waals surface area contributed by atoms with Crippen LogP contribution in [0.1, 0.15) is 19.3 Å². The van der Waals surface area contributed by atoms with Gasteiger partial charge < -0.3 is 0 Å². The molecule has 0 aromatic carbocycles. The number of hydroxylamine groups is 1. The third-order valence-corrected chi connectivity index (χ3v) is 5.16. The average molecular weight is 226 g/mol. The van der Waals surface area contributed by atoms with E-state index in [1.807, 2.05) is 0 Å². The Balaban J connectivity index is 2.11. The number of rotatable bonds is 0. The zero-order valence-corrected chi connectivity index (χ0v) is 6.71. The van der Waals surface area contributed by atoms with Crippen molar-refractivity contribution in [3.8, 4) is 0 Å². The summed E-state index contributed by atoms with van der Waals surface area (Å²) in [6, 6.07) is 0.577. The van der Waals surface area contributed by atoms with Gasteiger partial charge in [0.25, 0.3) is 0 Å². The Hall–Kier alpha value is 0.650. The van der Waals surface area contributed by atoms with Gasteiger partial charge in [0, 0.05) is 0 Å². The number of hydrogen-bond donors (Lipinski definition) is 1. The number of fused-ring (bicyclic) bond motifs is 2. The molecule has 0 aromatic heterocycles. The summed E-state index contributed by atoms with van der Waals surface area (Å²) in [5, 5.41) is 9.10. The van der Waals surface area contributed by atoms with E-state index in [1.165, 1.54) is 19.3 Å². The van der Waals surface area contributed by atoms with Crippen LogP contribution in [0.25, 0.3) is 0 Å². The Morgan fingerprint density at radius 3 is 2.62 bits per heavy atom. The number of nitrogens with zero attached hydrogens (tertiary/aromatic N) is 1. The number of halogens is 1. The topological polar surface area (TPSA) is 23.5 Å². The Bertz CT molecular complexity index is 107. The quantitative estimate of drug-likeness (QED) is 0.283. The van der Waals surface area contributed by atoms with Crippen LogP contribution >= 0.6 is 0 Å². The van der Waals surface area contributed by atoms with Gasteiger partial charge in [-0.1, -0.05) is 0 Å². The summed E-state index contributed by atoms with van der Waals surface area (Å²) >= 11 is 0.0521. The van der Waals surface area contributed by atoms with E-state index in [9.17, 15) is 0 Å². The van der Waals surface area contributed by atoms with Gasteiger partial charge in [-0.05, 0) is 0 Å². The fraction of sp³-hybridized carbons (Fsp3) is 1.00. The first-order valence-electron chi connectivity index (χ1n) is 2.98. The van der Waals surface area contributed by atoms with Crippen LogP contribution in [-0.4, -0.2) is 18.5 Å². The van der Waals surface area contributed by atoms with Crippen LogP contribution in [0.3, 0.4) is 0 Å². The number of alkyl halides is 1. The molecule has 2 rings (SSSR count). The summed E-state index contributed by atoms with van der Waals surface area (Å²) in [5.74, 6) is 0. The molecule has 2 atom stereocenters. The zero-order valence-electron chi connectivity index (χ0n) is 4.55. The van der Waals surface area contributed by atoms with Gasteiger partial charge in [0.05, 0.1) is 0 Å². The van der Waals surface area contributed by atoms with E-state index in [0.717, 1.165) is 3.92 Å². The van der Waals surface area contributed by atoms with Crippen LogP contribution in [0.5, 0.6) is 0 Å². The van der Waals surface area contributed by atoms with Gasteiger partial charge in [0.15, 0.2) is 0 Å². The van der Waals surface area contributed by atoms with Crippen LogP contribution < -0.4 is 21.5 Å². The maximum atomic E-state index is 9.10. The molecule has 1 heterocycles. The van der Waals surface area contributed by atoms with Crippen molar-refractivity contribution >= 4 is 0 Å². The van der Waals surface area contributed by atoms with E-state index >= 15 is 0 Å². The van der Waals surface area contributed by atoms with Crippen molar-refractivity contribution in [1.29, 1.82) is 0 Å². The molecular weight excluding hydrogens is 217 g/mol. The van der Waals surface area contributed by atoms with Crippen LogP contribution in [0.4, 0.5) is 0 Å². The Labute approximate surface area is 59.4 Å². The summed E-state index contributed by atoms with van der Waals surface area (Å²) < 4.78 is 2.55. The molecule has 2 bridgehead atoms. The standard InChI is InChI=1S/C5H9INO/c8-7-5-2-1-4(3-5)6-7/h4-5,8H,1-3H2/q-1. The molecule has 1 saturated heterocycles. The van der Waals surface area contributed by atoms with Gasteiger partial charge in [-0.2, -0.15) is 0 Å². The minimum atomic E-state index is 0.0521. The van der Waals surface area contributed by atoms with Crippen molar-refractivity contribution in [2.24, 2.45) is 0 Å². The van der Waals surface area contributed by atoms with Crippen molar-refractivity contribution in [2.45, 2.75) is 29.2 Å². The summed E-state index contributed by atoms with van der Waals surface area (Å²) in [6.45, 7) is 0. The van der Waals surface area contributed by atoms with Gasteiger partial charge in [0.2, 0.25) is 0 Å². The summed E-state index contributed by atoms with van der Waals surface area (Å²) in [6.07, 6.45) is 3.94. The number of hydrogen-bond acceptors (Lipinski definition) is 2. The van der Waals surface area contributed by atoms with Crippen molar-refractivity contribution < 1.29 is 26.7 Å². The molecule has 1 aliphatic carbocycles. The first kappa shape index (κ1) is 5.44. The molecule has 1 N–H and O–H groups in total. The summed E-state index contributed by atoms with van der Waals surface area (Å²) in [4.78, 5) is 0. The third kappa shape index (κ3) is 0.681. The summed E-state index contributed by atoms with van der Waals surface area (Å²) in [7, 11) is 0. The third-order valence-electron chi connectivity index (χ3n) is 1.88. The second kappa shape index (κ2) is 1.82. The van der Waals surface area contributed by atoms with Crippen LogP contribution in [0.15, 0.2) is 0 Å². The molecule has 2 unspecified atom stereocenters. The monoisotopic (exact) mass is 226 g/mol. The first-order chi connectivity index (χ1) is 3.86. The molecule has 2 aliphatic rings. The molecule has 48 valence electrons. The van der Waals surface area contributed by atoms with E-state index < -0.39 is 0 Å². The zero-order chi connectivity index (χ0) is 5.56. The van der Waals surface area contributed by atoms with Crippen LogP contribution in [0, 0.1) is 0 Å². The SMILES string of the molecule is ON1[I-]C2CCC1C2. The average Bonchev–Trinajstić information content (AvgIpc) is 2.23. The van der Waals surface area contributed by atoms with E-state index in [1.54, 1.807) is 3.28 Å². The molecule has 1 aliphatic heterocycles. The predicted molar refractivity (Wildman–Crippen MR) is 25.1 cm³/mol. The Morgan fingerprint density at radius 1 is 1.50 bits per heavy atom. The van der Waals surface area contributed by atoms with Crippen molar-refractivity contribution in [1.82, 2.24) is 3.28 Å². The van der Waals surface area contributed by atoms with E-state index in [0.29, 0.717) is 6.04 Å². The van der Waals surface area contributed by atoms with Crippen LogP contribution in [0.2, 0.25) is 0 Å². The molecule has 0 amide bonds. The molecule has 0 aromatic rings. The molecule has 2 nitrogen and oxygen atoms in total. The fourth-order valence-corrected chi connectivity index (χ4v) is 4.63. The minimum absolute atomic E-state index is 0.0521. The molecule has 3 heteroatoms. The molecule has 8 heavy (non-hydrogen) atoms. The van der Waals surface area contributed by atoms with Crippen molar-refractivity contribution in [3.05, 3.63) is 0 Å². The predicted octanol–water partition coefficient (Wildman–Crippen LogP) is -2.38. The van der Waals surface area contributed by atoms with Gasteiger partial charge in [-0.15, -0.1) is 0 Å². The normalized spacial score (nSPS) is 47.1. The van der Waals surface area contributed by atoms with E-state index in [2.05, 4.69) is 0 Å². The second-order valence-corrected chi connectivity index (χ2v) is 5.76. The molecule has 0 radical (unpaired) electrons. The van der Waals surface area contributed by atoms with Crippen molar-refractivity contribution in [2.75, 3.05) is 0 Å². The maximum absolute atomic E-state index is 9.10. The van der Waals surface area contributed by atoms with Gasteiger partial charge in [-0.3, -0.25) is 0 Å². The molecule has 0 spiro atoms. The van der Waals surface area contributed by atoms with Gasteiger partial charge >= 0.3 is 59.2 Å². The van der Waals surface area contributed by atoms with Crippen LogP contribution in [-0.2, 0) is 0 Å². The summed E-state index contributed by atoms with van der Waals surface area (Å²) in [5.41, 5.74) is 0. The Kier molecular flexibility index (Phi) is 1.23. The second-order valence-electron chi connectivity index (χ2n) is 2.45. The van der Waals surface area contributed by atoms with Gasteiger partial charge in [0.1, 0.15) is 0 Å². The van der Waals surface area contributed by atoms with Crippen molar-refractivity contribution in [3.63, 3.8) is 0 Å². The van der Waals surface area contributed by atoms with E-state index in [-0.39, 0.29) is 21.5 Å². The van der Waals surface area contributed by atoms with E-state index in [4.69, 9.17) is 5.21 Å². The fourth-order valence-electron chi connectivity index (χ4n) is 1.41. The van der Waals surface area contributed by atoms with Gasteiger partial charge in [-0.25, -0.2) is 0 Å². The first-order valence-corrected chi connectivity index (χ1v) is 5.19.